The van der Waals surface area contributed by atoms with Crippen molar-refractivity contribution in [3.8, 4) is 0 Å². The van der Waals surface area contributed by atoms with E-state index in [4.69, 9.17) is 4.74 Å². The summed E-state index contributed by atoms with van der Waals surface area (Å²) in [6.45, 7) is 2.18. The van der Waals surface area contributed by atoms with Crippen LogP contribution in [-0.4, -0.2) is 30.0 Å². The quantitative estimate of drug-likeness (QED) is 0.775. The van der Waals surface area contributed by atoms with Gasteiger partial charge >= 0.3 is 0 Å². The minimum atomic E-state index is 0.170. The molecule has 3 heteroatoms. The highest BCUT2D eigenvalue weighted by Gasteiger charge is 2.26. The van der Waals surface area contributed by atoms with E-state index in [9.17, 15) is 4.79 Å². The van der Waals surface area contributed by atoms with Gasteiger partial charge in [0.2, 0.25) is 5.91 Å². The second kappa shape index (κ2) is 8.65. The standard InChI is InChI=1S/C21H25NO2/c23-21(13-7-12-18-8-3-1-4-9-18)22-15-14-20(16-22)24-17-19-10-5-2-6-11-19/h1-6,8-11,20H,7,12-17H2/t20-/m1/s1. The lowest BCUT2D eigenvalue weighted by Gasteiger charge is -2.17. The third-order valence-electron chi connectivity index (χ3n) is 4.53. The second-order valence-corrected chi connectivity index (χ2v) is 6.39. The summed E-state index contributed by atoms with van der Waals surface area (Å²) >= 11 is 0. The summed E-state index contributed by atoms with van der Waals surface area (Å²) in [5, 5.41) is 0. The zero-order chi connectivity index (χ0) is 16.6. The summed E-state index contributed by atoms with van der Waals surface area (Å²) in [6, 6.07) is 20.6. The van der Waals surface area contributed by atoms with Gasteiger partial charge in [-0.15, -0.1) is 0 Å². The smallest absolute Gasteiger partial charge is 0.222 e. The predicted molar refractivity (Wildman–Crippen MR) is 95.6 cm³/mol. The molecule has 1 aliphatic heterocycles. The van der Waals surface area contributed by atoms with E-state index in [1.165, 1.54) is 11.1 Å². The van der Waals surface area contributed by atoms with Crippen molar-refractivity contribution in [1.82, 2.24) is 4.90 Å². The molecule has 1 heterocycles. The zero-order valence-electron chi connectivity index (χ0n) is 14.1. The molecular formula is C21H25NO2. The maximum absolute atomic E-state index is 12.3. The molecule has 1 fully saturated rings. The molecule has 3 rings (SSSR count). The molecule has 0 spiro atoms. The van der Waals surface area contributed by atoms with Gasteiger partial charge in [0.1, 0.15) is 0 Å². The van der Waals surface area contributed by atoms with Gasteiger partial charge in [-0.1, -0.05) is 60.7 Å². The maximum atomic E-state index is 12.3. The fraction of sp³-hybridized carbons (Fsp3) is 0.381. The Bertz CT molecular complexity index is 627. The minimum Gasteiger partial charge on any atom is -0.372 e. The van der Waals surface area contributed by atoms with E-state index in [2.05, 4.69) is 24.3 Å². The summed E-state index contributed by atoms with van der Waals surface area (Å²) in [4.78, 5) is 14.3. The lowest BCUT2D eigenvalue weighted by atomic mass is 10.1. The van der Waals surface area contributed by atoms with Gasteiger partial charge < -0.3 is 9.64 Å². The van der Waals surface area contributed by atoms with Crippen LogP contribution in [0.2, 0.25) is 0 Å². The zero-order valence-corrected chi connectivity index (χ0v) is 14.1. The van der Waals surface area contributed by atoms with Crippen LogP contribution in [0.25, 0.3) is 0 Å². The Morgan fingerprint density at radius 3 is 2.38 bits per heavy atom. The van der Waals surface area contributed by atoms with Crippen LogP contribution < -0.4 is 0 Å². The third-order valence-corrected chi connectivity index (χ3v) is 4.53. The molecule has 1 amide bonds. The summed E-state index contributed by atoms with van der Waals surface area (Å²) in [5.41, 5.74) is 2.49. The molecule has 0 radical (unpaired) electrons. The van der Waals surface area contributed by atoms with Crippen molar-refractivity contribution in [1.29, 1.82) is 0 Å². The SMILES string of the molecule is O=C(CCCc1ccccc1)N1CC[C@@H](OCc2ccccc2)C1. The van der Waals surface area contributed by atoms with Gasteiger partial charge in [0.05, 0.1) is 12.7 Å². The molecule has 0 bridgehead atoms. The fourth-order valence-electron chi connectivity index (χ4n) is 3.13. The largest absolute Gasteiger partial charge is 0.372 e. The Kier molecular flexibility index (Phi) is 6.02. The lowest BCUT2D eigenvalue weighted by Crippen LogP contribution is -2.30. The average molecular weight is 323 g/mol. The molecular weight excluding hydrogens is 298 g/mol. The number of carbonyl (C=O) groups excluding carboxylic acids is 1. The van der Waals surface area contributed by atoms with Crippen LogP contribution in [0.5, 0.6) is 0 Å². The Hall–Kier alpha value is -2.13. The van der Waals surface area contributed by atoms with Gasteiger partial charge in [-0.05, 0) is 30.4 Å². The number of ether oxygens (including phenoxy) is 1. The Morgan fingerprint density at radius 2 is 1.67 bits per heavy atom. The number of aryl methyl sites for hydroxylation is 1. The van der Waals surface area contributed by atoms with Gasteiger partial charge in [0.15, 0.2) is 0 Å². The van der Waals surface area contributed by atoms with Crippen LogP contribution in [0.15, 0.2) is 60.7 Å². The number of hydrogen-bond acceptors (Lipinski definition) is 2. The van der Waals surface area contributed by atoms with Crippen molar-refractivity contribution in [2.75, 3.05) is 13.1 Å². The van der Waals surface area contributed by atoms with Gasteiger partial charge in [0, 0.05) is 19.5 Å². The number of carbonyl (C=O) groups is 1. The molecule has 1 atom stereocenters. The minimum absolute atomic E-state index is 0.170. The molecule has 24 heavy (non-hydrogen) atoms. The van der Waals surface area contributed by atoms with Crippen LogP contribution in [0.4, 0.5) is 0 Å². The summed E-state index contributed by atoms with van der Waals surface area (Å²) in [7, 11) is 0. The Balaban J connectivity index is 1.36. The Labute approximate surface area is 144 Å². The average Bonchev–Trinajstić information content (AvgIpc) is 3.11. The van der Waals surface area contributed by atoms with Crippen LogP contribution in [0, 0.1) is 0 Å². The van der Waals surface area contributed by atoms with E-state index in [0.29, 0.717) is 13.0 Å². The molecule has 2 aromatic rings. The van der Waals surface area contributed by atoms with E-state index >= 15 is 0 Å². The first-order valence-corrected chi connectivity index (χ1v) is 8.78. The first-order valence-electron chi connectivity index (χ1n) is 8.78. The van der Waals surface area contributed by atoms with Gasteiger partial charge in [-0.25, -0.2) is 0 Å². The van der Waals surface area contributed by atoms with Crippen molar-refractivity contribution in [2.24, 2.45) is 0 Å². The molecule has 0 N–H and O–H groups in total. The molecule has 1 saturated heterocycles. The van der Waals surface area contributed by atoms with E-state index in [1.807, 2.05) is 41.3 Å². The summed E-state index contributed by atoms with van der Waals surface area (Å²) in [5.74, 6) is 0.261. The number of benzene rings is 2. The highest BCUT2D eigenvalue weighted by atomic mass is 16.5. The predicted octanol–water partition coefficient (Wildman–Crippen LogP) is 3.83. The molecule has 3 nitrogen and oxygen atoms in total. The van der Waals surface area contributed by atoms with Gasteiger partial charge in [0.25, 0.3) is 0 Å². The van der Waals surface area contributed by atoms with Gasteiger partial charge in [-0.3, -0.25) is 4.79 Å². The summed E-state index contributed by atoms with van der Waals surface area (Å²) < 4.78 is 5.95. The number of amides is 1. The number of likely N-dealkylation sites (tertiary alicyclic amines) is 1. The van der Waals surface area contributed by atoms with Crippen LogP contribution in [-0.2, 0) is 22.6 Å². The van der Waals surface area contributed by atoms with E-state index in [-0.39, 0.29) is 12.0 Å². The van der Waals surface area contributed by atoms with Gasteiger partial charge in [-0.2, -0.15) is 0 Å². The topological polar surface area (TPSA) is 29.5 Å². The third kappa shape index (κ3) is 4.93. The number of nitrogens with zero attached hydrogens (tertiary/aromatic N) is 1. The van der Waals surface area contributed by atoms with E-state index in [0.717, 1.165) is 32.4 Å². The highest BCUT2D eigenvalue weighted by molar-refractivity contribution is 5.76. The Morgan fingerprint density at radius 1 is 1.00 bits per heavy atom. The van der Waals surface area contributed by atoms with Crippen molar-refractivity contribution in [3.05, 3.63) is 71.8 Å². The molecule has 0 saturated carbocycles. The molecule has 126 valence electrons. The lowest BCUT2D eigenvalue weighted by molar-refractivity contribution is -0.130. The summed E-state index contributed by atoms with van der Waals surface area (Å²) in [6.07, 6.45) is 3.61. The molecule has 0 unspecified atom stereocenters. The van der Waals surface area contributed by atoms with Crippen LogP contribution in [0.1, 0.15) is 30.4 Å². The molecule has 2 aromatic carbocycles. The van der Waals surface area contributed by atoms with Crippen molar-refractivity contribution in [2.45, 2.75) is 38.4 Å². The number of hydrogen-bond donors (Lipinski definition) is 0. The first kappa shape index (κ1) is 16.7. The molecule has 0 aromatic heterocycles. The van der Waals surface area contributed by atoms with Crippen molar-refractivity contribution < 1.29 is 9.53 Å². The molecule has 0 aliphatic carbocycles. The van der Waals surface area contributed by atoms with Crippen LogP contribution in [0.3, 0.4) is 0 Å². The van der Waals surface area contributed by atoms with E-state index in [1.54, 1.807) is 0 Å². The van der Waals surface area contributed by atoms with Crippen molar-refractivity contribution in [3.63, 3.8) is 0 Å². The maximum Gasteiger partial charge on any atom is 0.222 e. The highest BCUT2D eigenvalue weighted by Crippen LogP contribution is 2.16. The molecule has 1 aliphatic rings. The normalized spacial score (nSPS) is 17.2. The number of rotatable bonds is 7. The first-order chi connectivity index (χ1) is 11.8. The fourth-order valence-corrected chi connectivity index (χ4v) is 3.13. The van der Waals surface area contributed by atoms with E-state index < -0.39 is 0 Å². The monoisotopic (exact) mass is 323 g/mol. The van der Waals surface area contributed by atoms with Crippen molar-refractivity contribution >= 4 is 5.91 Å². The van der Waals surface area contributed by atoms with Crippen LogP contribution >= 0.6 is 0 Å². The second-order valence-electron chi connectivity index (χ2n) is 6.39.